The van der Waals surface area contributed by atoms with Crippen LogP contribution in [0, 0.1) is 0 Å². The minimum absolute atomic E-state index is 0.178. The summed E-state index contributed by atoms with van der Waals surface area (Å²) in [7, 11) is -2.38. The second kappa shape index (κ2) is 6.14. The predicted octanol–water partition coefficient (Wildman–Crippen LogP) is 0.00700. The maximum absolute atomic E-state index is 10.5. The van der Waals surface area contributed by atoms with Crippen molar-refractivity contribution in [1.82, 2.24) is 5.32 Å². The monoisotopic (exact) mass is 225 g/mol. The molecular weight excluding hydrogens is 209 g/mol. The summed E-state index contributed by atoms with van der Waals surface area (Å²) in [5.41, 5.74) is 0. The number of aliphatic carboxylic acids is 1. The zero-order valence-corrected chi connectivity index (χ0v) is 8.91. The summed E-state index contributed by atoms with van der Waals surface area (Å²) < 4.78 is 10.4. The van der Waals surface area contributed by atoms with E-state index in [-0.39, 0.29) is 6.16 Å². The summed E-state index contributed by atoms with van der Waals surface area (Å²) in [4.78, 5) is 27.6. The quantitative estimate of drug-likeness (QED) is 0.359. The number of unbranched alkanes of at least 4 members (excludes halogenated alkanes) is 1. The summed E-state index contributed by atoms with van der Waals surface area (Å²) >= 11 is 0. The fraction of sp³-hybridized carbons (Fsp3) is 0.857. The van der Waals surface area contributed by atoms with Gasteiger partial charge < -0.3 is 20.2 Å². The standard InChI is InChI=1S/C7H16NO5P/c1-8-6(7(9)10)4-2-3-5-14(11,12)13/h6,8H,2-5H2,1H3,(H,9,10)(H2,11,12,13)/t6-/m0/s1. The van der Waals surface area contributed by atoms with Crippen LogP contribution in [0.3, 0.4) is 0 Å². The minimum atomic E-state index is -3.93. The maximum atomic E-state index is 10.5. The van der Waals surface area contributed by atoms with E-state index in [1.54, 1.807) is 7.05 Å². The van der Waals surface area contributed by atoms with Crippen LogP contribution in [-0.4, -0.2) is 40.1 Å². The summed E-state index contributed by atoms with van der Waals surface area (Å²) in [6.07, 6.45) is 1.04. The zero-order valence-electron chi connectivity index (χ0n) is 8.01. The third-order valence-corrected chi connectivity index (χ3v) is 2.74. The van der Waals surface area contributed by atoms with Gasteiger partial charge in [0.05, 0.1) is 0 Å². The fourth-order valence-electron chi connectivity index (χ4n) is 1.06. The summed E-state index contributed by atoms with van der Waals surface area (Å²) in [5.74, 6) is -0.941. The Balaban J connectivity index is 3.63. The Morgan fingerprint density at radius 3 is 2.36 bits per heavy atom. The first kappa shape index (κ1) is 13.6. The van der Waals surface area contributed by atoms with Gasteiger partial charge in [-0.05, 0) is 19.9 Å². The summed E-state index contributed by atoms with van der Waals surface area (Å²) in [6, 6.07) is -0.633. The molecule has 0 fully saturated rings. The average molecular weight is 225 g/mol. The van der Waals surface area contributed by atoms with E-state index in [0.717, 1.165) is 0 Å². The van der Waals surface area contributed by atoms with Gasteiger partial charge >= 0.3 is 13.6 Å². The largest absolute Gasteiger partial charge is 0.480 e. The molecule has 0 radical (unpaired) electrons. The summed E-state index contributed by atoms with van der Waals surface area (Å²) in [6.45, 7) is 0. The number of carboxylic acid groups (broad SMARTS) is 1. The van der Waals surface area contributed by atoms with Gasteiger partial charge in [-0.2, -0.15) is 0 Å². The van der Waals surface area contributed by atoms with Gasteiger partial charge in [-0.3, -0.25) is 9.36 Å². The van der Waals surface area contributed by atoms with Crippen molar-refractivity contribution in [1.29, 1.82) is 0 Å². The SMILES string of the molecule is CN[C@@H](CCCCP(=O)(O)O)C(=O)O. The van der Waals surface area contributed by atoms with Crippen molar-refractivity contribution < 1.29 is 24.3 Å². The molecule has 0 aliphatic heterocycles. The first-order valence-electron chi connectivity index (χ1n) is 4.31. The number of rotatable bonds is 7. The molecule has 0 aromatic heterocycles. The number of carboxylic acids is 1. The van der Waals surface area contributed by atoms with Crippen LogP contribution in [0.4, 0.5) is 0 Å². The van der Waals surface area contributed by atoms with E-state index in [1.807, 2.05) is 0 Å². The third-order valence-electron chi connectivity index (χ3n) is 1.84. The van der Waals surface area contributed by atoms with Crippen molar-refractivity contribution in [2.45, 2.75) is 25.3 Å². The van der Waals surface area contributed by atoms with E-state index in [1.165, 1.54) is 0 Å². The number of likely N-dealkylation sites (N-methyl/N-ethyl adjacent to an activating group) is 1. The van der Waals surface area contributed by atoms with Crippen molar-refractivity contribution in [3.63, 3.8) is 0 Å². The topological polar surface area (TPSA) is 107 Å². The molecular formula is C7H16NO5P. The van der Waals surface area contributed by atoms with Gasteiger partial charge in [0, 0.05) is 6.16 Å². The molecule has 7 heteroatoms. The molecule has 4 N–H and O–H groups in total. The van der Waals surface area contributed by atoms with E-state index < -0.39 is 19.6 Å². The fourth-order valence-corrected chi connectivity index (χ4v) is 1.69. The van der Waals surface area contributed by atoms with E-state index in [9.17, 15) is 9.36 Å². The molecule has 0 saturated carbocycles. The highest BCUT2D eigenvalue weighted by atomic mass is 31.2. The first-order valence-corrected chi connectivity index (χ1v) is 6.11. The lowest BCUT2D eigenvalue weighted by atomic mass is 10.1. The van der Waals surface area contributed by atoms with E-state index in [4.69, 9.17) is 14.9 Å². The van der Waals surface area contributed by atoms with Crippen molar-refractivity contribution >= 4 is 13.6 Å². The van der Waals surface area contributed by atoms with Crippen LogP contribution in [0.5, 0.6) is 0 Å². The molecule has 1 atom stereocenters. The molecule has 0 aliphatic rings. The van der Waals surface area contributed by atoms with Gasteiger partial charge in [-0.1, -0.05) is 6.42 Å². The van der Waals surface area contributed by atoms with Gasteiger partial charge in [-0.25, -0.2) is 0 Å². The molecule has 0 amide bonds. The molecule has 0 aromatic rings. The molecule has 84 valence electrons. The Hall–Kier alpha value is -0.420. The Bertz CT molecular complexity index is 226. The highest BCUT2D eigenvalue weighted by molar-refractivity contribution is 7.51. The average Bonchev–Trinajstić information content (AvgIpc) is 2.01. The Labute approximate surface area is 82.5 Å². The molecule has 0 heterocycles. The number of hydrogen-bond acceptors (Lipinski definition) is 3. The smallest absolute Gasteiger partial charge is 0.325 e. The van der Waals surface area contributed by atoms with Gasteiger partial charge in [0.15, 0.2) is 0 Å². The molecule has 0 spiro atoms. The van der Waals surface area contributed by atoms with Crippen molar-refractivity contribution in [2.24, 2.45) is 0 Å². The van der Waals surface area contributed by atoms with Crippen molar-refractivity contribution in [2.75, 3.05) is 13.2 Å². The molecule has 0 bridgehead atoms. The van der Waals surface area contributed by atoms with Gasteiger partial charge in [-0.15, -0.1) is 0 Å². The lowest BCUT2D eigenvalue weighted by molar-refractivity contribution is -0.139. The molecule has 0 unspecified atom stereocenters. The molecule has 6 nitrogen and oxygen atoms in total. The van der Waals surface area contributed by atoms with Gasteiger partial charge in [0.2, 0.25) is 0 Å². The Morgan fingerprint density at radius 1 is 1.43 bits per heavy atom. The predicted molar refractivity (Wildman–Crippen MR) is 51.2 cm³/mol. The van der Waals surface area contributed by atoms with E-state index in [2.05, 4.69) is 5.32 Å². The highest BCUT2D eigenvalue weighted by Gasteiger charge is 2.16. The molecule has 0 saturated heterocycles. The second-order valence-electron chi connectivity index (χ2n) is 3.06. The number of carbonyl (C=O) groups is 1. The van der Waals surface area contributed by atoms with Crippen molar-refractivity contribution in [3.05, 3.63) is 0 Å². The minimum Gasteiger partial charge on any atom is -0.480 e. The van der Waals surface area contributed by atoms with Crippen LogP contribution in [0.1, 0.15) is 19.3 Å². The van der Waals surface area contributed by atoms with E-state index >= 15 is 0 Å². The lowest BCUT2D eigenvalue weighted by Crippen LogP contribution is -2.33. The Kier molecular flexibility index (Phi) is 5.95. The molecule has 0 aromatic carbocycles. The van der Waals surface area contributed by atoms with Crippen LogP contribution in [0.15, 0.2) is 0 Å². The number of nitrogens with one attached hydrogen (secondary N) is 1. The summed E-state index contributed by atoms with van der Waals surface area (Å²) in [5, 5.41) is 11.2. The lowest BCUT2D eigenvalue weighted by Gasteiger charge is -2.10. The van der Waals surface area contributed by atoms with Crippen LogP contribution in [-0.2, 0) is 9.36 Å². The molecule has 14 heavy (non-hydrogen) atoms. The van der Waals surface area contributed by atoms with Crippen molar-refractivity contribution in [3.8, 4) is 0 Å². The highest BCUT2D eigenvalue weighted by Crippen LogP contribution is 2.35. The van der Waals surface area contributed by atoms with Crippen LogP contribution in [0.2, 0.25) is 0 Å². The van der Waals surface area contributed by atoms with Gasteiger partial charge in [0.1, 0.15) is 6.04 Å². The maximum Gasteiger partial charge on any atom is 0.325 e. The normalized spacial score (nSPS) is 13.9. The Morgan fingerprint density at radius 2 is 2.00 bits per heavy atom. The number of hydrogen-bond donors (Lipinski definition) is 4. The van der Waals surface area contributed by atoms with Crippen LogP contribution in [0.25, 0.3) is 0 Å². The van der Waals surface area contributed by atoms with E-state index in [0.29, 0.717) is 19.3 Å². The molecule has 0 rings (SSSR count). The van der Waals surface area contributed by atoms with Crippen LogP contribution < -0.4 is 5.32 Å². The second-order valence-corrected chi connectivity index (χ2v) is 4.84. The van der Waals surface area contributed by atoms with Gasteiger partial charge in [0.25, 0.3) is 0 Å². The first-order chi connectivity index (χ1) is 6.37. The molecule has 0 aliphatic carbocycles. The third kappa shape index (κ3) is 7.03. The van der Waals surface area contributed by atoms with Crippen LogP contribution >= 0.6 is 7.60 Å². The zero-order chi connectivity index (χ0) is 11.2.